The van der Waals surface area contributed by atoms with Gasteiger partial charge in [-0.15, -0.1) is 0 Å². The summed E-state index contributed by atoms with van der Waals surface area (Å²) < 4.78 is 20.9. The van der Waals surface area contributed by atoms with Crippen LogP contribution in [0.5, 0.6) is 0 Å². The van der Waals surface area contributed by atoms with Gasteiger partial charge in [0.2, 0.25) is 0 Å². The van der Waals surface area contributed by atoms with Gasteiger partial charge in [0, 0.05) is 30.1 Å². The Balaban J connectivity index is 1.08. The maximum Gasteiger partial charge on any atom is 0.335 e. The summed E-state index contributed by atoms with van der Waals surface area (Å²) in [6, 6.07) is 10.9. The lowest BCUT2D eigenvalue weighted by Crippen LogP contribution is -2.44. The van der Waals surface area contributed by atoms with Crippen LogP contribution in [0, 0.1) is 18.2 Å². The van der Waals surface area contributed by atoms with E-state index in [2.05, 4.69) is 52.3 Å². The van der Waals surface area contributed by atoms with E-state index in [-0.39, 0.29) is 11.1 Å². The van der Waals surface area contributed by atoms with Gasteiger partial charge in [0.1, 0.15) is 17.0 Å². The van der Waals surface area contributed by atoms with Gasteiger partial charge in [-0.1, -0.05) is 46.3 Å². The highest BCUT2D eigenvalue weighted by atomic mass is 32.1. The van der Waals surface area contributed by atoms with Crippen LogP contribution in [0.2, 0.25) is 0 Å². The van der Waals surface area contributed by atoms with Crippen LogP contribution in [0.1, 0.15) is 71.7 Å². The molecular weight excluding hydrogens is 501 g/mol. The number of allylic oxidation sites excluding steroid dienone is 1. The van der Waals surface area contributed by atoms with Gasteiger partial charge in [-0.25, -0.2) is 14.2 Å². The average molecular weight is 530 g/mol. The van der Waals surface area contributed by atoms with Gasteiger partial charge < -0.3 is 14.5 Å². The molecule has 2 aromatic carbocycles. The van der Waals surface area contributed by atoms with Crippen molar-refractivity contribution in [1.82, 2.24) is 10.1 Å². The Kier molecular flexibility index (Phi) is 5.44. The number of carboxylic acid groups (broad SMARTS) is 1. The zero-order chi connectivity index (χ0) is 26.0. The minimum Gasteiger partial charge on any atom is -0.478 e. The van der Waals surface area contributed by atoms with Crippen molar-refractivity contribution in [2.75, 3.05) is 18.0 Å². The molecule has 3 fully saturated rings. The van der Waals surface area contributed by atoms with Gasteiger partial charge >= 0.3 is 5.97 Å². The minimum absolute atomic E-state index is 0.0418. The van der Waals surface area contributed by atoms with E-state index in [1.165, 1.54) is 46.9 Å². The van der Waals surface area contributed by atoms with Crippen LogP contribution in [-0.2, 0) is 0 Å². The number of carbonyl (C=O) groups is 1. The molecule has 0 radical (unpaired) electrons. The van der Waals surface area contributed by atoms with Gasteiger partial charge in [-0.2, -0.15) is 0 Å². The van der Waals surface area contributed by atoms with Crippen molar-refractivity contribution in [3.63, 3.8) is 0 Å². The molecule has 1 spiro atoms. The highest BCUT2D eigenvalue weighted by Crippen LogP contribution is 2.54. The Morgan fingerprint density at radius 2 is 1.97 bits per heavy atom. The van der Waals surface area contributed by atoms with E-state index in [4.69, 9.17) is 4.52 Å². The number of halogens is 1. The van der Waals surface area contributed by atoms with Crippen LogP contribution >= 0.6 is 11.3 Å². The summed E-state index contributed by atoms with van der Waals surface area (Å²) in [5.74, 6) is -0.166. The van der Waals surface area contributed by atoms with E-state index in [1.54, 1.807) is 0 Å². The molecule has 1 saturated heterocycles. The zero-order valence-electron chi connectivity index (χ0n) is 21.2. The molecule has 7 rings (SSSR count). The molecule has 0 bridgehead atoms. The summed E-state index contributed by atoms with van der Waals surface area (Å²) in [4.78, 5) is 18.0. The first kappa shape index (κ1) is 23.6. The number of fused-ring (bicyclic) bond motifs is 1. The van der Waals surface area contributed by atoms with Gasteiger partial charge in [-0.3, -0.25) is 0 Å². The molecule has 0 amide bonds. The van der Waals surface area contributed by atoms with Crippen LogP contribution in [0.15, 0.2) is 46.5 Å². The Morgan fingerprint density at radius 3 is 2.68 bits per heavy atom. The quantitative estimate of drug-likeness (QED) is 0.289. The smallest absolute Gasteiger partial charge is 0.335 e. The van der Waals surface area contributed by atoms with Crippen molar-refractivity contribution in [1.29, 1.82) is 0 Å². The van der Waals surface area contributed by atoms with Crippen LogP contribution in [0.4, 0.5) is 9.52 Å². The number of carboxylic acids is 1. The van der Waals surface area contributed by atoms with Crippen molar-refractivity contribution in [2.45, 2.75) is 51.4 Å². The number of piperidine rings is 1. The van der Waals surface area contributed by atoms with Crippen LogP contribution < -0.4 is 4.90 Å². The number of benzene rings is 2. The average Bonchev–Trinajstić information content (AvgIpc) is 3.50. The van der Waals surface area contributed by atoms with E-state index in [0.29, 0.717) is 16.0 Å². The maximum atomic E-state index is 14.5. The molecule has 6 nitrogen and oxygen atoms in total. The third kappa shape index (κ3) is 4.02. The highest BCUT2D eigenvalue weighted by molar-refractivity contribution is 7.22. The molecule has 2 aliphatic carbocycles. The lowest BCUT2D eigenvalue weighted by Gasteiger charge is -2.49. The number of aromatic nitrogens is 2. The van der Waals surface area contributed by atoms with Gasteiger partial charge in [-0.05, 0) is 74.6 Å². The second kappa shape index (κ2) is 8.76. The third-order valence-corrected chi connectivity index (χ3v) is 9.50. The summed E-state index contributed by atoms with van der Waals surface area (Å²) in [5, 5.41) is 14.5. The van der Waals surface area contributed by atoms with E-state index >= 15 is 0 Å². The van der Waals surface area contributed by atoms with Gasteiger partial charge in [0.05, 0.1) is 10.3 Å². The van der Waals surface area contributed by atoms with Crippen molar-refractivity contribution >= 4 is 38.7 Å². The number of hydrogen-bond donors (Lipinski definition) is 1. The first-order valence-corrected chi connectivity index (χ1v) is 14.0. The Morgan fingerprint density at radius 1 is 1.21 bits per heavy atom. The lowest BCUT2D eigenvalue weighted by molar-refractivity contribution is 0.0696. The van der Waals surface area contributed by atoms with Crippen molar-refractivity contribution in [3.8, 4) is 11.3 Å². The molecule has 1 N–H and O–H groups in total. The number of rotatable bonds is 5. The summed E-state index contributed by atoms with van der Waals surface area (Å²) in [6.07, 6.45) is 8.98. The topological polar surface area (TPSA) is 79.5 Å². The maximum absolute atomic E-state index is 14.5. The van der Waals surface area contributed by atoms with Crippen molar-refractivity contribution in [2.24, 2.45) is 5.41 Å². The monoisotopic (exact) mass is 529 g/mol. The second-order valence-corrected chi connectivity index (χ2v) is 12.2. The Bertz CT molecular complexity index is 1600. The molecule has 3 aliphatic rings. The number of thiazole rings is 1. The molecule has 1 aliphatic heterocycles. The Labute approximate surface area is 223 Å². The number of anilines is 1. The molecule has 2 aromatic heterocycles. The van der Waals surface area contributed by atoms with Crippen molar-refractivity contribution in [3.05, 3.63) is 70.2 Å². The summed E-state index contributed by atoms with van der Waals surface area (Å²) in [5.41, 5.74) is 6.45. The fourth-order valence-electron chi connectivity index (χ4n) is 6.10. The van der Waals surface area contributed by atoms with Crippen molar-refractivity contribution < 1.29 is 18.8 Å². The molecule has 2 saturated carbocycles. The number of aromatic carboxylic acids is 1. The molecule has 4 aromatic rings. The SMILES string of the molecule is Cc1ccccc1-c1noc(C2CC2)c1C=C1CC2(CCN(c3nc4c(F)cc(C(=O)O)cc4s3)CC2)C1. The zero-order valence-corrected chi connectivity index (χ0v) is 22.0. The molecule has 3 heterocycles. The summed E-state index contributed by atoms with van der Waals surface area (Å²) in [6.45, 7) is 3.86. The highest BCUT2D eigenvalue weighted by Gasteiger charge is 2.43. The number of aryl methyl sites for hydroxylation is 1. The van der Waals surface area contributed by atoms with E-state index < -0.39 is 11.8 Å². The first-order chi connectivity index (χ1) is 18.4. The van der Waals surface area contributed by atoms with E-state index in [9.17, 15) is 14.3 Å². The van der Waals surface area contributed by atoms with Gasteiger partial charge in [0.15, 0.2) is 10.9 Å². The lowest BCUT2D eigenvalue weighted by atomic mass is 9.60. The molecule has 38 heavy (non-hydrogen) atoms. The van der Waals surface area contributed by atoms with Crippen LogP contribution in [0.25, 0.3) is 27.6 Å². The summed E-state index contributed by atoms with van der Waals surface area (Å²) >= 11 is 1.37. The predicted molar refractivity (Wildman–Crippen MR) is 146 cm³/mol. The fourth-order valence-corrected chi connectivity index (χ4v) is 7.17. The second-order valence-electron chi connectivity index (χ2n) is 11.1. The molecule has 194 valence electrons. The Hall–Kier alpha value is -3.52. The van der Waals surface area contributed by atoms with E-state index in [0.717, 1.165) is 67.0 Å². The summed E-state index contributed by atoms with van der Waals surface area (Å²) in [7, 11) is 0. The van der Waals surface area contributed by atoms with Crippen LogP contribution in [0.3, 0.4) is 0 Å². The fraction of sp³-hybridized carbons (Fsp3) is 0.367. The number of hydrogen-bond acceptors (Lipinski definition) is 6. The van der Waals surface area contributed by atoms with E-state index in [1.807, 2.05) is 0 Å². The number of nitrogens with zero attached hydrogens (tertiary/aromatic N) is 3. The predicted octanol–water partition coefficient (Wildman–Crippen LogP) is 7.44. The van der Waals surface area contributed by atoms with Crippen LogP contribution in [-0.4, -0.2) is 34.3 Å². The molecular formula is C30H28FN3O3S. The largest absolute Gasteiger partial charge is 0.478 e. The molecule has 8 heteroatoms. The normalized spacial score (nSPS) is 18.7. The molecule has 0 unspecified atom stereocenters. The third-order valence-electron chi connectivity index (χ3n) is 8.44. The van der Waals surface area contributed by atoms with Gasteiger partial charge in [0.25, 0.3) is 0 Å². The standard InChI is InChI=1S/C30H28FN3O3S/c1-17-4-2-3-5-21(17)25-22(27(37-33-25)19-6-7-19)12-18-15-30(16-18)8-10-34(11-9-30)29-32-26-23(31)13-20(28(35)36)14-24(26)38-29/h2-5,12-14,19H,6-11,15-16H2,1H3,(H,35,36). The minimum atomic E-state index is -1.13. The molecule has 0 atom stereocenters. The first-order valence-electron chi connectivity index (χ1n) is 13.2.